The molecule has 3 rings (SSSR count). The number of benzene rings is 2. The summed E-state index contributed by atoms with van der Waals surface area (Å²) < 4.78 is 33.4. The zero-order valence-corrected chi connectivity index (χ0v) is 13.5. The van der Waals surface area contributed by atoms with Crippen molar-refractivity contribution in [2.75, 3.05) is 6.61 Å². The standard InChI is InChI=1S/C17H19NO3S/c1-12-7-8-16(9-13(12)2)22(19,20)18-15-10-14-5-3-4-6-17(14)21-11-15/h3-9,15,18H,10-11H2,1-2H3/t15-/m0/s1. The van der Waals surface area contributed by atoms with Gasteiger partial charge in [0.2, 0.25) is 10.0 Å². The lowest BCUT2D eigenvalue weighted by Crippen LogP contribution is -2.42. The summed E-state index contributed by atoms with van der Waals surface area (Å²) in [6.45, 7) is 4.22. The summed E-state index contributed by atoms with van der Waals surface area (Å²) >= 11 is 0. The van der Waals surface area contributed by atoms with Crippen molar-refractivity contribution in [1.29, 1.82) is 0 Å². The minimum atomic E-state index is -3.53. The van der Waals surface area contributed by atoms with Crippen molar-refractivity contribution in [1.82, 2.24) is 4.72 Å². The van der Waals surface area contributed by atoms with Gasteiger partial charge in [0.15, 0.2) is 0 Å². The molecule has 1 aliphatic heterocycles. The summed E-state index contributed by atoms with van der Waals surface area (Å²) in [6.07, 6.45) is 0.639. The number of aryl methyl sites for hydroxylation is 2. The fraction of sp³-hybridized carbons (Fsp3) is 0.294. The Kier molecular flexibility index (Phi) is 3.93. The number of hydrogen-bond acceptors (Lipinski definition) is 3. The molecule has 5 heteroatoms. The summed E-state index contributed by atoms with van der Waals surface area (Å²) in [4.78, 5) is 0.300. The van der Waals surface area contributed by atoms with Crippen LogP contribution in [0.2, 0.25) is 0 Å². The van der Waals surface area contributed by atoms with E-state index in [4.69, 9.17) is 4.74 Å². The first kappa shape index (κ1) is 15.1. The zero-order valence-electron chi connectivity index (χ0n) is 12.7. The lowest BCUT2D eigenvalue weighted by Gasteiger charge is -2.26. The molecule has 1 N–H and O–H groups in total. The van der Waals surface area contributed by atoms with Crippen LogP contribution in [-0.2, 0) is 16.4 Å². The second-order valence-electron chi connectivity index (χ2n) is 5.69. The summed E-state index contributed by atoms with van der Waals surface area (Å²) in [5.41, 5.74) is 3.07. The Morgan fingerprint density at radius 2 is 1.86 bits per heavy atom. The van der Waals surface area contributed by atoms with Gasteiger partial charge in [-0.1, -0.05) is 24.3 Å². The van der Waals surface area contributed by atoms with E-state index in [9.17, 15) is 8.42 Å². The predicted octanol–water partition coefficient (Wildman–Crippen LogP) is 2.59. The van der Waals surface area contributed by atoms with E-state index >= 15 is 0 Å². The van der Waals surface area contributed by atoms with Gasteiger partial charge in [-0.3, -0.25) is 0 Å². The molecular formula is C17H19NO3S. The SMILES string of the molecule is Cc1ccc(S(=O)(=O)N[C@@H]2COc3ccccc3C2)cc1C. The Labute approximate surface area is 131 Å². The maximum atomic E-state index is 12.5. The van der Waals surface area contributed by atoms with Gasteiger partial charge in [-0.2, -0.15) is 0 Å². The first-order chi connectivity index (χ1) is 10.5. The van der Waals surface area contributed by atoms with Crippen LogP contribution in [0, 0.1) is 13.8 Å². The zero-order chi connectivity index (χ0) is 15.7. The Morgan fingerprint density at radius 1 is 1.09 bits per heavy atom. The monoisotopic (exact) mass is 317 g/mol. The minimum absolute atomic E-state index is 0.249. The molecule has 116 valence electrons. The van der Waals surface area contributed by atoms with Crippen molar-refractivity contribution in [2.45, 2.75) is 31.2 Å². The average molecular weight is 317 g/mol. The molecule has 0 amide bonds. The topological polar surface area (TPSA) is 55.4 Å². The molecule has 0 aromatic heterocycles. The van der Waals surface area contributed by atoms with Crippen molar-refractivity contribution >= 4 is 10.0 Å². The second kappa shape index (κ2) is 5.74. The molecule has 0 saturated heterocycles. The van der Waals surface area contributed by atoms with E-state index in [-0.39, 0.29) is 6.04 Å². The van der Waals surface area contributed by atoms with Crippen molar-refractivity contribution in [3.05, 3.63) is 59.2 Å². The van der Waals surface area contributed by atoms with E-state index in [1.807, 2.05) is 44.2 Å². The van der Waals surface area contributed by atoms with Crippen molar-refractivity contribution in [2.24, 2.45) is 0 Å². The van der Waals surface area contributed by atoms with Crippen LogP contribution in [0.25, 0.3) is 0 Å². The number of nitrogens with one attached hydrogen (secondary N) is 1. The molecular weight excluding hydrogens is 298 g/mol. The van der Waals surface area contributed by atoms with Crippen LogP contribution in [-0.4, -0.2) is 21.1 Å². The smallest absolute Gasteiger partial charge is 0.240 e. The highest BCUT2D eigenvalue weighted by atomic mass is 32.2. The van der Waals surface area contributed by atoms with Crippen LogP contribution in [0.4, 0.5) is 0 Å². The van der Waals surface area contributed by atoms with Crippen molar-refractivity contribution in [3.63, 3.8) is 0 Å². The first-order valence-corrected chi connectivity index (χ1v) is 8.74. The number of para-hydroxylation sites is 1. The molecule has 1 atom stereocenters. The first-order valence-electron chi connectivity index (χ1n) is 7.26. The average Bonchev–Trinajstić information content (AvgIpc) is 2.49. The molecule has 4 nitrogen and oxygen atoms in total. The Morgan fingerprint density at radius 3 is 2.64 bits per heavy atom. The summed E-state index contributed by atoms with van der Waals surface area (Å²) in [5, 5.41) is 0. The van der Waals surface area contributed by atoms with E-state index in [1.54, 1.807) is 12.1 Å². The van der Waals surface area contributed by atoms with Gasteiger partial charge < -0.3 is 4.74 Å². The lowest BCUT2D eigenvalue weighted by molar-refractivity contribution is 0.254. The number of fused-ring (bicyclic) bond motifs is 1. The minimum Gasteiger partial charge on any atom is -0.492 e. The number of ether oxygens (including phenoxy) is 1. The van der Waals surface area contributed by atoms with Gasteiger partial charge in [-0.05, 0) is 55.2 Å². The van der Waals surface area contributed by atoms with Gasteiger partial charge in [-0.25, -0.2) is 13.1 Å². The van der Waals surface area contributed by atoms with Crippen LogP contribution in [0.1, 0.15) is 16.7 Å². The van der Waals surface area contributed by atoms with Crippen molar-refractivity contribution in [3.8, 4) is 5.75 Å². The highest BCUT2D eigenvalue weighted by Gasteiger charge is 2.25. The maximum absolute atomic E-state index is 12.5. The molecule has 0 unspecified atom stereocenters. The Balaban J connectivity index is 1.79. The van der Waals surface area contributed by atoms with E-state index < -0.39 is 10.0 Å². The van der Waals surface area contributed by atoms with Crippen LogP contribution in [0.5, 0.6) is 5.75 Å². The summed E-state index contributed by atoms with van der Waals surface area (Å²) in [5.74, 6) is 0.837. The van der Waals surface area contributed by atoms with Crippen LogP contribution < -0.4 is 9.46 Å². The predicted molar refractivity (Wildman–Crippen MR) is 85.7 cm³/mol. The summed E-state index contributed by atoms with van der Waals surface area (Å²) in [7, 11) is -3.53. The number of rotatable bonds is 3. The molecule has 0 aliphatic carbocycles. The molecule has 1 aliphatic rings. The normalized spacial score (nSPS) is 17.6. The van der Waals surface area contributed by atoms with E-state index in [0.29, 0.717) is 17.9 Å². The third-order valence-corrected chi connectivity index (χ3v) is 5.51. The maximum Gasteiger partial charge on any atom is 0.240 e. The Bertz CT molecular complexity index is 799. The van der Waals surface area contributed by atoms with Crippen LogP contribution >= 0.6 is 0 Å². The summed E-state index contributed by atoms with van der Waals surface area (Å²) in [6, 6.07) is 12.6. The van der Waals surface area contributed by atoms with E-state index in [2.05, 4.69) is 4.72 Å². The number of sulfonamides is 1. The van der Waals surface area contributed by atoms with Gasteiger partial charge >= 0.3 is 0 Å². The third-order valence-electron chi connectivity index (χ3n) is 3.99. The molecule has 0 saturated carbocycles. The van der Waals surface area contributed by atoms with Crippen LogP contribution in [0.3, 0.4) is 0 Å². The Hall–Kier alpha value is -1.85. The van der Waals surface area contributed by atoms with E-state index in [1.165, 1.54) is 0 Å². The highest BCUT2D eigenvalue weighted by molar-refractivity contribution is 7.89. The molecule has 22 heavy (non-hydrogen) atoms. The molecule has 2 aromatic rings. The van der Waals surface area contributed by atoms with Crippen LogP contribution in [0.15, 0.2) is 47.4 Å². The highest BCUT2D eigenvalue weighted by Crippen LogP contribution is 2.25. The third kappa shape index (κ3) is 3.00. The molecule has 0 radical (unpaired) electrons. The lowest BCUT2D eigenvalue weighted by atomic mass is 10.0. The molecule has 2 aromatic carbocycles. The van der Waals surface area contributed by atoms with Gasteiger partial charge in [0, 0.05) is 0 Å². The van der Waals surface area contributed by atoms with E-state index in [0.717, 1.165) is 22.4 Å². The fourth-order valence-electron chi connectivity index (χ4n) is 2.57. The number of hydrogen-bond donors (Lipinski definition) is 1. The van der Waals surface area contributed by atoms with Gasteiger partial charge in [0.25, 0.3) is 0 Å². The second-order valence-corrected chi connectivity index (χ2v) is 7.40. The molecule has 0 fully saturated rings. The van der Waals surface area contributed by atoms with Gasteiger partial charge in [0.05, 0.1) is 10.9 Å². The molecule has 0 spiro atoms. The largest absolute Gasteiger partial charge is 0.492 e. The van der Waals surface area contributed by atoms with Crippen molar-refractivity contribution < 1.29 is 13.2 Å². The molecule has 1 heterocycles. The van der Waals surface area contributed by atoms with Gasteiger partial charge in [-0.15, -0.1) is 0 Å². The van der Waals surface area contributed by atoms with Gasteiger partial charge in [0.1, 0.15) is 12.4 Å². The molecule has 0 bridgehead atoms. The quantitative estimate of drug-likeness (QED) is 0.946. The fourth-order valence-corrected chi connectivity index (χ4v) is 3.88.